The van der Waals surface area contributed by atoms with Crippen molar-refractivity contribution in [1.29, 1.82) is 0 Å². The third kappa shape index (κ3) is 5.70. The lowest BCUT2D eigenvalue weighted by Gasteiger charge is -2.21. The molecular formula is C16H27N3. The van der Waals surface area contributed by atoms with Crippen LogP contribution in [0.5, 0.6) is 0 Å². The highest BCUT2D eigenvalue weighted by Crippen LogP contribution is 2.12. The minimum Gasteiger partial charge on any atom is -0.314 e. The summed E-state index contributed by atoms with van der Waals surface area (Å²) in [5.74, 6) is 0. The van der Waals surface area contributed by atoms with E-state index in [0.29, 0.717) is 12.1 Å². The van der Waals surface area contributed by atoms with Crippen molar-refractivity contribution < 1.29 is 0 Å². The molecule has 106 valence electrons. The quantitative estimate of drug-likeness (QED) is 0.826. The van der Waals surface area contributed by atoms with Crippen LogP contribution >= 0.6 is 0 Å². The van der Waals surface area contributed by atoms with E-state index in [1.807, 2.05) is 18.5 Å². The van der Waals surface area contributed by atoms with Crippen molar-refractivity contribution in [3.63, 3.8) is 0 Å². The first kappa shape index (κ1) is 14.5. The zero-order chi connectivity index (χ0) is 13.3. The average molecular weight is 261 g/mol. The Bertz CT molecular complexity index is 331. The van der Waals surface area contributed by atoms with Gasteiger partial charge in [-0.15, -0.1) is 0 Å². The molecule has 0 saturated carbocycles. The van der Waals surface area contributed by atoms with E-state index in [4.69, 9.17) is 0 Å². The lowest BCUT2D eigenvalue weighted by Crippen LogP contribution is -2.37. The third-order valence-electron chi connectivity index (χ3n) is 3.93. The number of hydrogen-bond donors (Lipinski definition) is 2. The normalized spacial score (nSPS) is 21.8. The minimum atomic E-state index is 0.590. The molecule has 0 amide bonds. The Morgan fingerprint density at radius 1 is 1.42 bits per heavy atom. The summed E-state index contributed by atoms with van der Waals surface area (Å²) >= 11 is 0. The van der Waals surface area contributed by atoms with Crippen LogP contribution in [0.3, 0.4) is 0 Å². The van der Waals surface area contributed by atoms with Crippen LogP contribution in [-0.2, 0) is 6.42 Å². The third-order valence-corrected chi connectivity index (χ3v) is 3.93. The summed E-state index contributed by atoms with van der Waals surface area (Å²) < 4.78 is 0. The molecule has 1 aromatic rings. The van der Waals surface area contributed by atoms with Gasteiger partial charge in [0.1, 0.15) is 0 Å². The van der Waals surface area contributed by atoms with Gasteiger partial charge in [-0.3, -0.25) is 4.98 Å². The van der Waals surface area contributed by atoms with Gasteiger partial charge in [-0.1, -0.05) is 18.9 Å². The topological polar surface area (TPSA) is 37.0 Å². The summed E-state index contributed by atoms with van der Waals surface area (Å²) in [5, 5.41) is 7.30. The van der Waals surface area contributed by atoms with Crippen LogP contribution in [0, 0.1) is 0 Å². The van der Waals surface area contributed by atoms with Gasteiger partial charge < -0.3 is 10.6 Å². The molecule has 1 fully saturated rings. The summed E-state index contributed by atoms with van der Waals surface area (Å²) in [4.78, 5) is 4.15. The molecule has 0 aliphatic carbocycles. The number of nitrogens with one attached hydrogen (secondary N) is 2. The van der Waals surface area contributed by atoms with Gasteiger partial charge in [0.2, 0.25) is 0 Å². The Balaban J connectivity index is 1.62. The molecule has 3 heteroatoms. The number of nitrogens with zero attached hydrogens (tertiary/aromatic N) is 1. The van der Waals surface area contributed by atoms with Crippen LogP contribution in [0.4, 0.5) is 0 Å². The van der Waals surface area contributed by atoms with Crippen LogP contribution in [0.2, 0.25) is 0 Å². The van der Waals surface area contributed by atoms with E-state index in [1.165, 1.54) is 44.2 Å². The molecule has 0 aromatic carbocycles. The standard InChI is InChI=1S/C16H27N3/c1-14(12-16-7-3-2-4-10-19-16)18-11-8-15-6-5-9-17-13-15/h5-6,9,13-14,16,18-19H,2-4,7-8,10-12H2,1H3. The van der Waals surface area contributed by atoms with E-state index < -0.39 is 0 Å². The predicted octanol–water partition coefficient (Wildman–Crippen LogP) is 2.52. The summed E-state index contributed by atoms with van der Waals surface area (Å²) in [6, 6.07) is 5.45. The molecule has 0 bridgehead atoms. The van der Waals surface area contributed by atoms with Gasteiger partial charge in [0, 0.05) is 24.5 Å². The number of rotatable bonds is 6. The molecule has 3 nitrogen and oxygen atoms in total. The highest BCUT2D eigenvalue weighted by atomic mass is 14.9. The molecule has 1 saturated heterocycles. The summed E-state index contributed by atoms with van der Waals surface area (Å²) in [6.07, 6.45) is 11.6. The highest BCUT2D eigenvalue weighted by Gasteiger charge is 2.14. The van der Waals surface area contributed by atoms with E-state index in [-0.39, 0.29) is 0 Å². The molecule has 0 spiro atoms. The second-order valence-corrected chi connectivity index (χ2v) is 5.70. The van der Waals surface area contributed by atoms with Crippen LogP contribution in [-0.4, -0.2) is 30.2 Å². The van der Waals surface area contributed by atoms with Crippen molar-refractivity contribution in [2.45, 2.75) is 57.5 Å². The SMILES string of the molecule is CC(CC1CCCCCN1)NCCc1cccnc1. The fourth-order valence-corrected chi connectivity index (χ4v) is 2.82. The van der Waals surface area contributed by atoms with Crippen molar-refractivity contribution >= 4 is 0 Å². The van der Waals surface area contributed by atoms with Crippen LogP contribution < -0.4 is 10.6 Å². The molecule has 1 aromatic heterocycles. The van der Waals surface area contributed by atoms with Crippen LogP contribution in [0.1, 0.15) is 44.6 Å². The summed E-state index contributed by atoms with van der Waals surface area (Å²) in [5.41, 5.74) is 1.31. The van der Waals surface area contributed by atoms with Gasteiger partial charge in [-0.2, -0.15) is 0 Å². The molecule has 1 aliphatic heterocycles. The second-order valence-electron chi connectivity index (χ2n) is 5.70. The largest absolute Gasteiger partial charge is 0.314 e. The molecule has 1 aliphatic rings. The molecule has 0 radical (unpaired) electrons. The van der Waals surface area contributed by atoms with Crippen molar-refractivity contribution in [1.82, 2.24) is 15.6 Å². The van der Waals surface area contributed by atoms with E-state index in [1.54, 1.807) is 0 Å². The first-order valence-corrected chi connectivity index (χ1v) is 7.70. The number of aromatic nitrogens is 1. The molecular weight excluding hydrogens is 234 g/mol. The van der Waals surface area contributed by atoms with E-state index in [9.17, 15) is 0 Å². The predicted molar refractivity (Wildman–Crippen MR) is 80.3 cm³/mol. The highest BCUT2D eigenvalue weighted by molar-refractivity contribution is 5.08. The van der Waals surface area contributed by atoms with Gasteiger partial charge in [0.05, 0.1) is 0 Å². The maximum atomic E-state index is 4.15. The van der Waals surface area contributed by atoms with Gasteiger partial charge >= 0.3 is 0 Å². The molecule has 19 heavy (non-hydrogen) atoms. The Morgan fingerprint density at radius 3 is 3.21 bits per heavy atom. The van der Waals surface area contributed by atoms with Gasteiger partial charge in [0.15, 0.2) is 0 Å². The minimum absolute atomic E-state index is 0.590. The Kier molecular flexibility index (Phi) is 6.31. The van der Waals surface area contributed by atoms with Crippen LogP contribution in [0.15, 0.2) is 24.5 Å². The van der Waals surface area contributed by atoms with Crippen molar-refractivity contribution in [3.05, 3.63) is 30.1 Å². The van der Waals surface area contributed by atoms with Gasteiger partial charge in [-0.25, -0.2) is 0 Å². The lowest BCUT2D eigenvalue weighted by atomic mass is 10.0. The van der Waals surface area contributed by atoms with Gasteiger partial charge in [-0.05, 0) is 57.3 Å². The Hall–Kier alpha value is -0.930. The molecule has 2 heterocycles. The molecule has 2 unspecified atom stereocenters. The van der Waals surface area contributed by atoms with Crippen molar-refractivity contribution in [2.75, 3.05) is 13.1 Å². The Morgan fingerprint density at radius 2 is 2.37 bits per heavy atom. The maximum absolute atomic E-state index is 4.15. The van der Waals surface area contributed by atoms with E-state index in [0.717, 1.165) is 13.0 Å². The molecule has 2 rings (SSSR count). The van der Waals surface area contributed by atoms with Crippen molar-refractivity contribution in [3.8, 4) is 0 Å². The Labute approximate surface area is 117 Å². The summed E-state index contributed by atoms with van der Waals surface area (Å²) in [7, 11) is 0. The van der Waals surface area contributed by atoms with Gasteiger partial charge in [0.25, 0.3) is 0 Å². The number of pyridine rings is 1. The average Bonchev–Trinajstić information content (AvgIpc) is 2.68. The number of hydrogen-bond acceptors (Lipinski definition) is 3. The van der Waals surface area contributed by atoms with Crippen molar-refractivity contribution in [2.24, 2.45) is 0 Å². The van der Waals surface area contributed by atoms with E-state index in [2.05, 4.69) is 28.6 Å². The summed E-state index contributed by atoms with van der Waals surface area (Å²) in [6.45, 7) is 4.54. The fourth-order valence-electron chi connectivity index (χ4n) is 2.82. The molecule has 2 N–H and O–H groups in total. The monoisotopic (exact) mass is 261 g/mol. The van der Waals surface area contributed by atoms with E-state index >= 15 is 0 Å². The fraction of sp³-hybridized carbons (Fsp3) is 0.688. The first-order valence-electron chi connectivity index (χ1n) is 7.70. The zero-order valence-corrected chi connectivity index (χ0v) is 12.1. The lowest BCUT2D eigenvalue weighted by molar-refractivity contribution is 0.404. The second kappa shape index (κ2) is 8.28. The first-order chi connectivity index (χ1) is 9.34. The smallest absolute Gasteiger partial charge is 0.0300 e. The van der Waals surface area contributed by atoms with Crippen LogP contribution in [0.25, 0.3) is 0 Å². The zero-order valence-electron chi connectivity index (χ0n) is 12.1. The maximum Gasteiger partial charge on any atom is 0.0300 e. The molecule has 2 atom stereocenters.